The Labute approximate surface area is 244 Å². The largest absolute Gasteiger partial charge is 0.309 e. The Hall–Kier alpha value is -2.58. The van der Waals surface area contributed by atoms with E-state index in [4.69, 9.17) is 4.98 Å². The molecule has 0 aliphatic heterocycles. The van der Waals surface area contributed by atoms with Crippen molar-refractivity contribution >= 4 is 52.3 Å². The van der Waals surface area contributed by atoms with Gasteiger partial charge in [-0.05, 0) is 85.2 Å². The van der Waals surface area contributed by atoms with Gasteiger partial charge < -0.3 is 4.90 Å². The highest BCUT2D eigenvalue weighted by atomic mass is 79.9. The molecule has 1 aromatic heterocycles. The number of rotatable bonds is 10. The number of fused-ring (bicyclic) bond motifs is 2. The molecule has 39 heavy (non-hydrogen) atoms. The van der Waals surface area contributed by atoms with E-state index in [0.29, 0.717) is 0 Å². The smallest absolute Gasteiger partial charge is 0.0710 e. The average molecular weight is 598 g/mol. The molecular formula is C35H38BrN2P. The third kappa shape index (κ3) is 6.27. The van der Waals surface area contributed by atoms with Crippen LogP contribution in [-0.2, 0) is 5.41 Å². The summed E-state index contributed by atoms with van der Waals surface area (Å²) in [7, 11) is 7.28. The van der Waals surface area contributed by atoms with Crippen molar-refractivity contribution in [1.29, 1.82) is 0 Å². The summed E-state index contributed by atoms with van der Waals surface area (Å²) in [6.07, 6.45) is 4.72. The molecule has 0 N–H and O–H groups in total. The van der Waals surface area contributed by atoms with Crippen molar-refractivity contribution in [3.05, 3.63) is 118 Å². The minimum absolute atomic E-state index is 0.129. The summed E-state index contributed by atoms with van der Waals surface area (Å²) in [5.41, 5.74) is 5.92. The molecule has 0 amide bonds. The molecule has 0 radical (unpaired) electrons. The number of aromatic nitrogens is 1. The number of pyridine rings is 1. The monoisotopic (exact) mass is 596 g/mol. The highest BCUT2D eigenvalue weighted by Gasteiger charge is 2.39. The topological polar surface area (TPSA) is 16.1 Å². The number of halogens is 1. The highest BCUT2D eigenvalue weighted by Crippen LogP contribution is 2.47. The molecule has 3 unspecified atom stereocenters. The van der Waals surface area contributed by atoms with Gasteiger partial charge in [0.05, 0.1) is 11.0 Å². The van der Waals surface area contributed by atoms with Gasteiger partial charge in [0.1, 0.15) is 0 Å². The molecule has 0 saturated carbocycles. The summed E-state index contributed by atoms with van der Waals surface area (Å²) in [5.74, 6) is 0.150. The van der Waals surface area contributed by atoms with E-state index in [0.717, 1.165) is 28.4 Å². The van der Waals surface area contributed by atoms with Crippen molar-refractivity contribution in [2.24, 2.45) is 0 Å². The molecule has 2 nitrogen and oxygen atoms in total. The molecule has 0 saturated heterocycles. The molecule has 4 aromatic carbocycles. The minimum Gasteiger partial charge on any atom is -0.309 e. The van der Waals surface area contributed by atoms with Crippen LogP contribution in [0.25, 0.3) is 21.7 Å². The third-order valence-corrected chi connectivity index (χ3v) is 9.08. The van der Waals surface area contributed by atoms with Crippen molar-refractivity contribution in [2.45, 2.75) is 43.9 Å². The minimum atomic E-state index is -0.129. The summed E-state index contributed by atoms with van der Waals surface area (Å²) in [5, 5.41) is 3.75. The number of nitrogens with zero attached hydrogens (tertiary/aromatic N) is 2. The Morgan fingerprint density at radius 2 is 1.54 bits per heavy atom. The van der Waals surface area contributed by atoms with Crippen LogP contribution in [-0.4, -0.2) is 30.5 Å². The molecule has 0 spiro atoms. The molecule has 0 aliphatic carbocycles. The molecule has 4 heteroatoms. The first kappa shape index (κ1) is 28.0. The molecule has 1 heterocycles. The van der Waals surface area contributed by atoms with Gasteiger partial charge in [0.2, 0.25) is 0 Å². The van der Waals surface area contributed by atoms with Gasteiger partial charge in [-0.2, -0.15) is 0 Å². The molecule has 5 aromatic rings. The van der Waals surface area contributed by atoms with Crippen molar-refractivity contribution < 1.29 is 0 Å². The maximum Gasteiger partial charge on any atom is 0.0710 e. The molecule has 0 aliphatic rings. The van der Waals surface area contributed by atoms with E-state index in [9.17, 15) is 0 Å². The Morgan fingerprint density at radius 3 is 2.31 bits per heavy atom. The number of unbranched alkanes of at least 4 members (excludes halogenated alkanes) is 2. The zero-order chi connectivity index (χ0) is 27.4. The molecule has 0 bridgehead atoms. The first-order valence-electron chi connectivity index (χ1n) is 13.9. The van der Waals surface area contributed by atoms with Crippen LogP contribution in [0.2, 0.25) is 0 Å². The predicted molar refractivity (Wildman–Crippen MR) is 175 cm³/mol. The quantitative estimate of drug-likeness (QED) is 0.118. The second kappa shape index (κ2) is 12.3. The zero-order valence-electron chi connectivity index (χ0n) is 23.2. The predicted octanol–water partition coefficient (Wildman–Crippen LogP) is 8.86. The van der Waals surface area contributed by atoms with Crippen molar-refractivity contribution in [3.63, 3.8) is 0 Å². The van der Waals surface area contributed by atoms with E-state index in [-0.39, 0.29) is 11.3 Å². The summed E-state index contributed by atoms with van der Waals surface area (Å²) in [4.78, 5) is 7.37. The zero-order valence-corrected chi connectivity index (χ0v) is 25.9. The lowest BCUT2D eigenvalue weighted by atomic mass is 9.63. The van der Waals surface area contributed by atoms with Crippen molar-refractivity contribution in [1.82, 2.24) is 9.88 Å². The van der Waals surface area contributed by atoms with Crippen LogP contribution >= 0.6 is 25.2 Å². The van der Waals surface area contributed by atoms with Gasteiger partial charge in [0.15, 0.2) is 0 Å². The lowest BCUT2D eigenvalue weighted by Crippen LogP contribution is -2.34. The second-order valence-electron chi connectivity index (χ2n) is 11.2. The summed E-state index contributed by atoms with van der Waals surface area (Å²) in [6, 6.07) is 35.6. The van der Waals surface area contributed by atoms with Gasteiger partial charge >= 0.3 is 0 Å². The van der Waals surface area contributed by atoms with Crippen LogP contribution in [0.5, 0.6) is 0 Å². The molecule has 5 rings (SSSR count). The van der Waals surface area contributed by atoms with Gasteiger partial charge in [-0.25, -0.2) is 4.98 Å². The molecule has 0 fully saturated rings. The van der Waals surface area contributed by atoms with Gasteiger partial charge in [0, 0.05) is 21.2 Å². The first-order chi connectivity index (χ1) is 18.8. The second-order valence-corrected chi connectivity index (χ2v) is 12.7. The van der Waals surface area contributed by atoms with Crippen molar-refractivity contribution in [3.8, 4) is 0 Å². The van der Waals surface area contributed by atoms with E-state index in [1.807, 2.05) is 0 Å². The molecule has 3 atom stereocenters. The van der Waals surface area contributed by atoms with Crippen LogP contribution in [0.1, 0.15) is 55.2 Å². The van der Waals surface area contributed by atoms with Crippen LogP contribution in [0.4, 0.5) is 0 Å². The van der Waals surface area contributed by atoms with E-state index < -0.39 is 0 Å². The lowest BCUT2D eigenvalue weighted by Gasteiger charge is -2.40. The van der Waals surface area contributed by atoms with Crippen LogP contribution in [0, 0.1) is 0 Å². The van der Waals surface area contributed by atoms with Gasteiger partial charge in [0.25, 0.3) is 0 Å². The average Bonchev–Trinajstić information content (AvgIpc) is 2.93. The fourth-order valence-electron chi connectivity index (χ4n) is 6.04. The summed E-state index contributed by atoms with van der Waals surface area (Å²) >= 11 is 3.68. The molecule has 200 valence electrons. The SMILES string of the molecule is CN(C)CCCCCC(C)(c1ccc2ccccc2c1)C(c1ccccc1)c1cc2cc(Br)ccc2nc1P. The number of hydrogen-bond donors (Lipinski definition) is 0. The fraction of sp³-hybridized carbons (Fsp3) is 0.286. The first-order valence-corrected chi connectivity index (χ1v) is 15.3. The van der Waals surface area contributed by atoms with E-state index in [2.05, 4.69) is 148 Å². The van der Waals surface area contributed by atoms with Crippen LogP contribution in [0.3, 0.4) is 0 Å². The van der Waals surface area contributed by atoms with E-state index in [1.165, 1.54) is 52.1 Å². The molecular weight excluding hydrogens is 559 g/mol. The van der Waals surface area contributed by atoms with Crippen LogP contribution < -0.4 is 5.44 Å². The summed E-state index contributed by atoms with van der Waals surface area (Å²) in [6.45, 7) is 3.62. The summed E-state index contributed by atoms with van der Waals surface area (Å²) < 4.78 is 1.08. The standard InChI is InChI=1S/C35H38BrN2P/c1-35(20-10-5-11-21-38(2)3,29-17-16-25-12-8-9-15-27(25)22-29)33(26-13-6-4-7-14-26)31-24-28-23-30(36)18-19-32(28)37-34(31)39/h4,6-9,12-19,22-24,33H,5,10-11,20-21,39H2,1-3H3. The Balaban J connectivity index is 1.68. The third-order valence-electron chi connectivity index (χ3n) is 8.13. The number of benzene rings is 4. The lowest BCUT2D eigenvalue weighted by molar-refractivity contribution is 0.350. The van der Waals surface area contributed by atoms with Gasteiger partial charge in [-0.15, -0.1) is 0 Å². The van der Waals surface area contributed by atoms with E-state index >= 15 is 0 Å². The Morgan fingerprint density at radius 1 is 0.795 bits per heavy atom. The van der Waals surface area contributed by atoms with Crippen LogP contribution in [0.15, 0.2) is 102 Å². The van der Waals surface area contributed by atoms with Gasteiger partial charge in [-0.1, -0.05) is 118 Å². The highest BCUT2D eigenvalue weighted by molar-refractivity contribution is 9.10. The number of hydrogen-bond acceptors (Lipinski definition) is 2. The Bertz CT molecular complexity index is 1570. The fourth-order valence-corrected chi connectivity index (χ4v) is 6.81. The maximum atomic E-state index is 5.09. The normalized spacial score (nSPS) is 14.1. The maximum absolute atomic E-state index is 5.09. The van der Waals surface area contributed by atoms with Gasteiger partial charge in [-0.3, -0.25) is 0 Å². The Kier molecular flexibility index (Phi) is 8.82. The van der Waals surface area contributed by atoms with Crippen molar-refractivity contribution in [2.75, 3.05) is 20.6 Å². The van der Waals surface area contributed by atoms with E-state index in [1.54, 1.807) is 0 Å².